The summed E-state index contributed by atoms with van der Waals surface area (Å²) >= 11 is 0. The minimum atomic E-state index is -0.145. The third kappa shape index (κ3) is 3.89. The molecule has 1 aromatic rings. The van der Waals surface area contributed by atoms with Crippen LogP contribution in [0.2, 0.25) is 0 Å². The molecule has 1 N–H and O–H groups in total. The fraction of sp³-hybridized carbons (Fsp3) is 0.579. The molecule has 1 heterocycles. The van der Waals surface area contributed by atoms with Crippen molar-refractivity contribution in [2.24, 2.45) is 17.8 Å². The molecule has 1 aliphatic heterocycles. The zero-order chi connectivity index (χ0) is 17.1. The lowest BCUT2D eigenvalue weighted by Gasteiger charge is -2.31. The molecule has 3 rings (SSSR count). The lowest BCUT2D eigenvalue weighted by Crippen LogP contribution is -2.40. The molecular weight excluding hydrogens is 304 g/mol. The normalized spacial score (nSPS) is 25.9. The Balaban J connectivity index is 1.45. The number of methoxy groups -OCH3 is 1. The molecule has 1 saturated carbocycles. The average molecular weight is 330 g/mol. The highest BCUT2D eigenvalue weighted by molar-refractivity contribution is 5.92. The third-order valence-electron chi connectivity index (χ3n) is 5.04. The van der Waals surface area contributed by atoms with Gasteiger partial charge in [-0.15, -0.1) is 0 Å². The molecule has 2 fully saturated rings. The van der Waals surface area contributed by atoms with Crippen LogP contribution in [-0.2, 0) is 16.1 Å². The Morgan fingerprint density at radius 2 is 2.00 bits per heavy atom. The van der Waals surface area contributed by atoms with Gasteiger partial charge in [-0.05, 0) is 42.9 Å². The molecule has 0 aromatic heterocycles. The van der Waals surface area contributed by atoms with Gasteiger partial charge in [-0.25, -0.2) is 0 Å². The zero-order valence-corrected chi connectivity index (χ0v) is 14.5. The van der Waals surface area contributed by atoms with E-state index in [9.17, 15) is 9.59 Å². The van der Waals surface area contributed by atoms with Gasteiger partial charge < -0.3 is 15.0 Å². The molecule has 1 saturated heterocycles. The molecule has 0 radical (unpaired) electrons. The first-order valence-corrected chi connectivity index (χ1v) is 8.78. The van der Waals surface area contributed by atoms with E-state index in [4.69, 9.17) is 4.74 Å². The van der Waals surface area contributed by atoms with Crippen molar-refractivity contribution in [3.8, 4) is 5.75 Å². The number of nitrogens with zero attached hydrogens (tertiary/aromatic N) is 1. The van der Waals surface area contributed by atoms with Crippen LogP contribution in [0.1, 0.15) is 31.7 Å². The van der Waals surface area contributed by atoms with Crippen LogP contribution < -0.4 is 10.1 Å². The van der Waals surface area contributed by atoms with E-state index in [0.29, 0.717) is 18.9 Å². The second-order valence-corrected chi connectivity index (χ2v) is 7.05. The van der Waals surface area contributed by atoms with Crippen LogP contribution in [0.3, 0.4) is 0 Å². The van der Waals surface area contributed by atoms with Gasteiger partial charge in [0, 0.05) is 19.6 Å². The quantitative estimate of drug-likeness (QED) is 0.900. The molecule has 5 nitrogen and oxygen atoms in total. The number of benzene rings is 1. The van der Waals surface area contributed by atoms with Crippen LogP contribution in [0, 0.1) is 17.8 Å². The van der Waals surface area contributed by atoms with E-state index in [1.54, 1.807) is 7.11 Å². The lowest BCUT2D eigenvalue weighted by atomic mass is 10.00. The summed E-state index contributed by atoms with van der Waals surface area (Å²) in [5, 5.41) is 2.94. The van der Waals surface area contributed by atoms with Gasteiger partial charge in [-0.3, -0.25) is 9.59 Å². The highest BCUT2D eigenvalue weighted by Crippen LogP contribution is 2.40. The Bertz CT molecular complexity index is 599. The van der Waals surface area contributed by atoms with Crippen molar-refractivity contribution in [3.05, 3.63) is 29.8 Å². The van der Waals surface area contributed by atoms with E-state index in [1.165, 1.54) is 6.42 Å². The van der Waals surface area contributed by atoms with E-state index in [-0.39, 0.29) is 23.7 Å². The number of nitrogens with one attached hydrogen (secondary N) is 1. The maximum atomic E-state index is 12.5. The number of carbonyl (C=O) groups is 2. The lowest BCUT2D eigenvalue weighted by molar-refractivity contribution is -0.136. The number of rotatable bonds is 5. The Labute approximate surface area is 143 Å². The van der Waals surface area contributed by atoms with Crippen LogP contribution >= 0.6 is 0 Å². The van der Waals surface area contributed by atoms with Gasteiger partial charge in [0.1, 0.15) is 5.75 Å². The number of likely N-dealkylation sites (tertiary alicyclic amines) is 1. The van der Waals surface area contributed by atoms with Gasteiger partial charge in [0.05, 0.1) is 18.9 Å². The van der Waals surface area contributed by atoms with E-state index in [0.717, 1.165) is 30.8 Å². The highest BCUT2D eigenvalue weighted by atomic mass is 16.5. The SMILES string of the molecule is COc1ccc(CNC(=O)C2CC2C(=O)N2CCCC(C)C2)cc1. The molecule has 3 atom stereocenters. The van der Waals surface area contributed by atoms with Gasteiger partial charge in [-0.1, -0.05) is 19.1 Å². The van der Waals surface area contributed by atoms with Crippen molar-refractivity contribution in [1.82, 2.24) is 10.2 Å². The summed E-state index contributed by atoms with van der Waals surface area (Å²) in [5.41, 5.74) is 1.03. The van der Waals surface area contributed by atoms with Gasteiger partial charge in [0.15, 0.2) is 0 Å². The standard InChI is InChI=1S/C19H26N2O3/c1-13-4-3-9-21(12-13)19(23)17-10-16(17)18(22)20-11-14-5-7-15(24-2)8-6-14/h5-8,13,16-17H,3-4,9-12H2,1-2H3,(H,20,22). The van der Waals surface area contributed by atoms with Gasteiger partial charge in [0.25, 0.3) is 0 Å². The first-order valence-electron chi connectivity index (χ1n) is 8.78. The van der Waals surface area contributed by atoms with Crippen molar-refractivity contribution in [2.75, 3.05) is 20.2 Å². The van der Waals surface area contributed by atoms with Gasteiger partial charge in [0.2, 0.25) is 11.8 Å². The molecule has 24 heavy (non-hydrogen) atoms. The highest BCUT2D eigenvalue weighted by Gasteiger charge is 2.49. The van der Waals surface area contributed by atoms with E-state index >= 15 is 0 Å². The van der Waals surface area contributed by atoms with Crippen molar-refractivity contribution >= 4 is 11.8 Å². The fourth-order valence-electron chi connectivity index (χ4n) is 3.45. The summed E-state index contributed by atoms with van der Waals surface area (Å²) in [5.74, 6) is 1.29. The summed E-state index contributed by atoms with van der Waals surface area (Å²) in [6, 6.07) is 7.62. The molecule has 2 amide bonds. The van der Waals surface area contributed by atoms with E-state index < -0.39 is 0 Å². The zero-order valence-electron chi connectivity index (χ0n) is 14.5. The van der Waals surface area contributed by atoms with Crippen molar-refractivity contribution < 1.29 is 14.3 Å². The Morgan fingerprint density at radius 3 is 2.67 bits per heavy atom. The molecule has 3 unspecified atom stereocenters. The predicted octanol–water partition coefficient (Wildman–Crippen LogP) is 2.21. The first-order chi connectivity index (χ1) is 11.6. The van der Waals surface area contributed by atoms with Crippen molar-refractivity contribution in [1.29, 1.82) is 0 Å². The smallest absolute Gasteiger partial charge is 0.226 e. The summed E-state index contributed by atoms with van der Waals surface area (Å²) in [6.45, 7) is 4.36. The number of hydrogen-bond donors (Lipinski definition) is 1. The van der Waals surface area contributed by atoms with Crippen LogP contribution in [0.15, 0.2) is 24.3 Å². The monoisotopic (exact) mass is 330 g/mol. The minimum absolute atomic E-state index is 0.00535. The topological polar surface area (TPSA) is 58.6 Å². The maximum Gasteiger partial charge on any atom is 0.226 e. The number of carbonyl (C=O) groups excluding carboxylic acids is 2. The van der Waals surface area contributed by atoms with E-state index in [2.05, 4.69) is 12.2 Å². The molecule has 1 aromatic carbocycles. The molecule has 0 spiro atoms. The Morgan fingerprint density at radius 1 is 1.25 bits per heavy atom. The average Bonchev–Trinajstić information content (AvgIpc) is 3.40. The minimum Gasteiger partial charge on any atom is -0.497 e. The second kappa shape index (κ2) is 7.24. The largest absolute Gasteiger partial charge is 0.497 e. The Kier molecular flexibility index (Phi) is 5.07. The molecular formula is C19H26N2O3. The van der Waals surface area contributed by atoms with Gasteiger partial charge in [-0.2, -0.15) is 0 Å². The molecule has 2 aliphatic rings. The summed E-state index contributed by atoms with van der Waals surface area (Å²) in [4.78, 5) is 26.7. The molecule has 5 heteroatoms. The molecule has 1 aliphatic carbocycles. The molecule has 0 bridgehead atoms. The summed E-state index contributed by atoms with van der Waals surface area (Å²) in [7, 11) is 1.63. The maximum absolute atomic E-state index is 12.5. The number of hydrogen-bond acceptors (Lipinski definition) is 3. The van der Waals surface area contributed by atoms with Crippen LogP contribution in [0.5, 0.6) is 5.75 Å². The van der Waals surface area contributed by atoms with Crippen molar-refractivity contribution in [2.45, 2.75) is 32.7 Å². The van der Waals surface area contributed by atoms with Crippen LogP contribution in [0.25, 0.3) is 0 Å². The summed E-state index contributed by atoms with van der Waals surface area (Å²) < 4.78 is 5.12. The number of ether oxygens (including phenoxy) is 1. The van der Waals surface area contributed by atoms with E-state index in [1.807, 2.05) is 29.2 Å². The van der Waals surface area contributed by atoms with Crippen LogP contribution in [-0.4, -0.2) is 36.9 Å². The first kappa shape index (κ1) is 16.8. The van der Waals surface area contributed by atoms with Crippen LogP contribution in [0.4, 0.5) is 0 Å². The van der Waals surface area contributed by atoms with Gasteiger partial charge >= 0.3 is 0 Å². The second-order valence-electron chi connectivity index (χ2n) is 7.05. The number of piperidine rings is 1. The Hall–Kier alpha value is -2.04. The van der Waals surface area contributed by atoms with Crippen molar-refractivity contribution in [3.63, 3.8) is 0 Å². The molecule has 130 valence electrons. The third-order valence-corrected chi connectivity index (χ3v) is 5.04. The number of amides is 2. The summed E-state index contributed by atoms with van der Waals surface area (Å²) in [6.07, 6.45) is 2.96. The fourth-order valence-corrected chi connectivity index (χ4v) is 3.45. The predicted molar refractivity (Wildman–Crippen MR) is 91.4 cm³/mol.